The van der Waals surface area contributed by atoms with Crippen molar-refractivity contribution >= 4 is 6.09 Å². The Hall–Kier alpha value is -0.850. The van der Waals surface area contributed by atoms with Crippen LogP contribution in [0.3, 0.4) is 0 Å². The van der Waals surface area contributed by atoms with Crippen LogP contribution in [0.25, 0.3) is 0 Å². The van der Waals surface area contributed by atoms with Crippen molar-refractivity contribution in [2.75, 3.05) is 39.3 Å². The molecule has 0 aromatic heterocycles. The first-order valence-electron chi connectivity index (χ1n) is 9.38. The molecular formula is C18H33N3O3. The number of piperidine rings is 1. The molecule has 6 heteroatoms. The average molecular weight is 339 g/mol. The Labute approximate surface area is 145 Å². The standard InChI is InChI=1S/C18H33N3O3/c1-17(2,3)24-16(22)20-14-4-5-15(23-11-14)10-21-8-6-18(7-9-21)12-19-13-18/h14-15,19H,4-13H2,1-3H3,(H,20,22)/t14-,15+/m1/s1. The van der Waals surface area contributed by atoms with Gasteiger partial charge in [0.1, 0.15) is 5.60 Å². The maximum atomic E-state index is 11.8. The highest BCUT2D eigenvalue weighted by Crippen LogP contribution is 2.35. The molecule has 2 atom stereocenters. The Morgan fingerprint density at radius 3 is 2.50 bits per heavy atom. The van der Waals surface area contributed by atoms with Crippen LogP contribution in [0.5, 0.6) is 0 Å². The van der Waals surface area contributed by atoms with E-state index in [1.165, 1.54) is 39.0 Å². The summed E-state index contributed by atoms with van der Waals surface area (Å²) in [4.78, 5) is 14.4. The van der Waals surface area contributed by atoms with Gasteiger partial charge < -0.3 is 25.0 Å². The van der Waals surface area contributed by atoms with Crippen molar-refractivity contribution in [2.45, 2.75) is 64.2 Å². The molecule has 0 radical (unpaired) electrons. The van der Waals surface area contributed by atoms with E-state index in [0.29, 0.717) is 18.1 Å². The number of nitrogens with one attached hydrogen (secondary N) is 2. The van der Waals surface area contributed by atoms with E-state index in [0.717, 1.165) is 19.4 Å². The molecule has 3 saturated heterocycles. The van der Waals surface area contributed by atoms with Gasteiger partial charge >= 0.3 is 6.09 Å². The lowest BCUT2D eigenvalue weighted by atomic mass is 9.73. The van der Waals surface area contributed by atoms with Crippen LogP contribution < -0.4 is 10.6 Å². The van der Waals surface area contributed by atoms with Gasteiger partial charge in [-0.15, -0.1) is 0 Å². The number of nitrogens with zero attached hydrogens (tertiary/aromatic N) is 1. The lowest BCUT2D eigenvalue weighted by molar-refractivity contribution is -0.0367. The number of carbonyl (C=O) groups excluding carboxylic acids is 1. The Morgan fingerprint density at radius 1 is 1.29 bits per heavy atom. The smallest absolute Gasteiger partial charge is 0.407 e. The zero-order valence-electron chi connectivity index (χ0n) is 15.4. The maximum Gasteiger partial charge on any atom is 0.407 e. The normalized spacial score (nSPS) is 30.6. The topological polar surface area (TPSA) is 62.8 Å². The predicted octanol–water partition coefficient (Wildman–Crippen LogP) is 1.74. The van der Waals surface area contributed by atoms with Gasteiger partial charge in [0, 0.05) is 19.6 Å². The fraction of sp³-hybridized carbons (Fsp3) is 0.944. The third-order valence-corrected chi connectivity index (χ3v) is 5.47. The Morgan fingerprint density at radius 2 is 2.00 bits per heavy atom. The molecule has 0 aromatic carbocycles. The van der Waals surface area contributed by atoms with Crippen LogP contribution in [0.1, 0.15) is 46.5 Å². The van der Waals surface area contributed by atoms with Gasteiger partial charge in [0.15, 0.2) is 0 Å². The first-order chi connectivity index (χ1) is 11.3. The van der Waals surface area contributed by atoms with Crippen LogP contribution in [0.4, 0.5) is 4.79 Å². The fourth-order valence-corrected chi connectivity index (χ4v) is 3.87. The molecule has 24 heavy (non-hydrogen) atoms. The van der Waals surface area contributed by atoms with Gasteiger partial charge in [0.05, 0.1) is 18.8 Å². The van der Waals surface area contributed by atoms with Gasteiger partial charge in [0.25, 0.3) is 0 Å². The van der Waals surface area contributed by atoms with Crippen molar-refractivity contribution in [3.63, 3.8) is 0 Å². The molecule has 3 fully saturated rings. The van der Waals surface area contributed by atoms with Crippen molar-refractivity contribution in [3.8, 4) is 0 Å². The summed E-state index contributed by atoms with van der Waals surface area (Å²) in [6, 6.07) is 0.0711. The Kier molecular flexibility index (Phi) is 5.37. The molecule has 0 bridgehead atoms. The SMILES string of the molecule is CC(C)(C)OC(=O)N[C@@H]1CC[C@@H](CN2CCC3(CC2)CNC3)OC1. The summed E-state index contributed by atoms with van der Waals surface area (Å²) in [5, 5.41) is 6.33. The predicted molar refractivity (Wildman–Crippen MR) is 93.1 cm³/mol. The molecule has 138 valence electrons. The summed E-state index contributed by atoms with van der Waals surface area (Å²) in [5.74, 6) is 0. The van der Waals surface area contributed by atoms with Crippen LogP contribution in [-0.2, 0) is 9.47 Å². The quantitative estimate of drug-likeness (QED) is 0.820. The van der Waals surface area contributed by atoms with Crippen LogP contribution in [0.2, 0.25) is 0 Å². The number of amides is 1. The summed E-state index contributed by atoms with van der Waals surface area (Å²) in [6.07, 6.45) is 4.56. The molecule has 0 saturated carbocycles. The molecule has 3 aliphatic heterocycles. The molecule has 2 N–H and O–H groups in total. The van der Waals surface area contributed by atoms with Gasteiger partial charge in [-0.1, -0.05) is 0 Å². The highest BCUT2D eigenvalue weighted by atomic mass is 16.6. The van der Waals surface area contributed by atoms with Gasteiger partial charge in [-0.25, -0.2) is 4.79 Å². The van der Waals surface area contributed by atoms with Gasteiger partial charge in [-0.3, -0.25) is 0 Å². The molecular weight excluding hydrogens is 306 g/mol. The second kappa shape index (κ2) is 7.18. The summed E-state index contributed by atoms with van der Waals surface area (Å²) >= 11 is 0. The number of carbonyl (C=O) groups is 1. The molecule has 0 unspecified atom stereocenters. The highest BCUT2D eigenvalue weighted by molar-refractivity contribution is 5.68. The second-order valence-corrected chi connectivity index (χ2v) is 8.78. The monoisotopic (exact) mass is 339 g/mol. The van der Waals surface area contributed by atoms with Crippen molar-refractivity contribution in [1.29, 1.82) is 0 Å². The lowest BCUT2D eigenvalue weighted by Gasteiger charge is -2.49. The molecule has 3 rings (SSSR count). The summed E-state index contributed by atoms with van der Waals surface area (Å²) in [5.41, 5.74) is 0.149. The summed E-state index contributed by atoms with van der Waals surface area (Å²) < 4.78 is 11.3. The van der Waals surface area contributed by atoms with Crippen LogP contribution in [0.15, 0.2) is 0 Å². The highest BCUT2D eigenvalue weighted by Gasteiger charge is 2.40. The first kappa shape index (κ1) is 18.0. The molecule has 3 aliphatic rings. The molecule has 3 heterocycles. The molecule has 1 amide bonds. The van der Waals surface area contributed by atoms with Crippen LogP contribution in [0, 0.1) is 5.41 Å². The van der Waals surface area contributed by atoms with E-state index in [-0.39, 0.29) is 12.1 Å². The third-order valence-electron chi connectivity index (χ3n) is 5.47. The second-order valence-electron chi connectivity index (χ2n) is 8.78. The molecule has 0 aromatic rings. The van der Waals surface area contributed by atoms with E-state index in [9.17, 15) is 4.79 Å². The van der Waals surface area contributed by atoms with Gasteiger partial charge in [-0.2, -0.15) is 0 Å². The zero-order valence-corrected chi connectivity index (χ0v) is 15.4. The number of hydrogen-bond donors (Lipinski definition) is 2. The van der Waals surface area contributed by atoms with E-state index in [1.807, 2.05) is 20.8 Å². The molecule has 1 spiro atoms. The third kappa shape index (κ3) is 4.83. The Bertz CT molecular complexity index is 427. The first-order valence-corrected chi connectivity index (χ1v) is 9.38. The van der Waals surface area contributed by atoms with Gasteiger partial charge in [-0.05, 0) is 65.0 Å². The van der Waals surface area contributed by atoms with E-state index in [1.54, 1.807) is 0 Å². The summed E-state index contributed by atoms with van der Waals surface area (Å²) in [7, 11) is 0. The minimum Gasteiger partial charge on any atom is -0.444 e. The van der Waals surface area contributed by atoms with Crippen molar-refractivity contribution in [2.24, 2.45) is 5.41 Å². The Balaban J connectivity index is 1.33. The molecule has 6 nitrogen and oxygen atoms in total. The van der Waals surface area contributed by atoms with Crippen molar-refractivity contribution in [3.05, 3.63) is 0 Å². The number of ether oxygens (including phenoxy) is 2. The van der Waals surface area contributed by atoms with Crippen molar-refractivity contribution < 1.29 is 14.3 Å². The number of hydrogen-bond acceptors (Lipinski definition) is 5. The van der Waals surface area contributed by atoms with E-state index < -0.39 is 5.60 Å². The van der Waals surface area contributed by atoms with E-state index in [4.69, 9.17) is 9.47 Å². The minimum absolute atomic E-state index is 0.0711. The number of alkyl carbamates (subject to hydrolysis) is 1. The van der Waals surface area contributed by atoms with Crippen molar-refractivity contribution in [1.82, 2.24) is 15.5 Å². The van der Waals surface area contributed by atoms with Crippen LogP contribution in [-0.4, -0.2) is 68.1 Å². The molecule has 0 aliphatic carbocycles. The summed E-state index contributed by atoms with van der Waals surface area (Å²) in [6.45, 7) is 12.1. The van der Waals surface area contributed by atoms with Gasteiger partial charge in [0.2, 0.25) is 0 Å². The number of likely N-dealkylation sites (tertiary alicyclic amines) is 1. The maximum absolute atomic E-state index is 11.8. The van der Waals surface area contributed by atoms with Crippen LogP contribution >= 0.6 is 0 Å². The fourth-order valence-electron chi connectivity index (χ4n) is 3.87. The average Bonchev–Trinajstić information content (AvgIpc) is 2.46. The largest absolute Gasteiger partial charge is 0.444 e. The van der Waals surface area contributed by atoms with E-state index in [2.05, 4.69) is 15.5 Å². The number of rotatable bonds is 3. The minimum atomic E-state index is -0.455. The van der Waals surface area contributed by atoms with E-state index >= 15 is 0 Å². The zero-order chi connectivity index (χ0) is 17.2. The lowest BCUT2D eigenvalue weighted by Crippen LogP contribution is -2.58.